The molecule has 88 valence electrons. The normalized spacial score (nSPS) is 26.7. The van der Waals surface area contributed by atoms with Crippen LogP contribution in [0.3, 0.4) is 0 Å². The molecule has 3 heteroatoms. The molecule has 3 rings (SSSR count). The third-order valence-corrected chi connectivity index (χ3v) is 4.06. The highest BCUT2D eigenvalue weighted by Crippen LogP contribution is 2.30. The highest BCUT2D eigenvalue weighted by Gasteiger charge is 2.23. The van der Waals surface area contributed by atoms with E-state index in [0.717, 1.165) is 13.1 Å². The molecule has 3 heterocycles. The van der Waals surface area contributed by atoms with Gasteiger partial charge in [-0.2, -0.15) is 0 Å². The van der Waals surface area contributed by atoms with Gasteiger partial charge in [0, 0.05) is 24.6 Å². The fourth-order valence-corrected chi connectivity index (χ4v) is 3.03. The van der Waals surface area contributed by atoms with Crippen LogP contribution in [0.4, 0.5) is 0 Å². The molecule has 0 bridgehead atoms. The van der Waals surface area contributed by atoms with Crippen LogP contribution in [0.2, 0.25) is 0 Å². The minimum Gasteiger partial charge on any atom is -0.334 e. The molecule has 16 heavy (non-hydrogen) atoms. The number of hydrogen-bond acceptors (Lipinski definition) is 2. The molecule has 1 aromatic heterocycles. The Bertz CT molecular complexity index is 363. The first-order valence-electron chi connectivity index (χ1n) is 6.62. The molecule has 0 aliphatic carbocycles. The van der Waals surface area contributed by atoms with Crippen molar-refractivity contribution in [1.82, 2.24) is 14.9 Å². The van der Waals surface area contributed by atoms with Gasteiger partial charge in [-0.25, -0.2) is 4.98 Å². The SMILES string of the molecule is C[C@@H]1CCCn2cc(C3CCNCC3)nc21. The van der Waals surface area contributed by atoms with Crippen LogP contribution in [0.5, 0.6) is 0 Å². The van der Waals surface area contributed by atoms with E-state index in [1.54, 1.807) is 0 Å². The van der Waals surface area contributed by atoms with Crippen molar-refractivity contribution in [2.75, 3.05) is 13.1 Å². The smallest absolute Gasteiger partial charge is 0.111 e. The van der Waals surface area contributed by atoms with Gasteiger partial charge in [0.1, 0.15) is 5.82 Å². The van der Waals surface area contributed by atoms with Crippen LogP contribution >= 0.6 is 0 Å². The minimum absolute atomic E-state index is 0.657. The number of aromatic nitrogens is 2. The van der Waals surface area contributed by atoms with E-state index in [2.05, 4.69) is 23.0 Å². The van der Waals surface area contributed by atoms with E-state index in [4.69, 9.17) is 4.98 Å². The molecule has 0 unspecified atom stereocenters. The van der Waals surface area contributed by atoms with E-state index in [1.807, 2.05) is 0 Å². The monoisotopic (exact) mass is 219 g/mol. The topological polar surface area (TPSA) is 29.9 Å². The lowest BCUT2D eigenvalue weighted by Crippen LogP contribution is -2.26. The highest BCUT2D eigenvalue weighted by molar-refractivity contribution is 5.14. The molecule has 0 radical (unpaired) electrons. The predicted octanol–water partition coefficient (Wildman–Crippen LogP) is 2.25. The lowest BCUT2D eigenvalue weighted by molar-refractivity contribution is 0.453. The van der Waals surface area contributed by atoms with Gasteiger partial charge in [0.15, 0.2) is 0 Å². The van der Waals surface area contributed by atoms with Crippen molar-refractivity contribution >= 4 is 0 Å². The molecule has 0 amide bonds. The first-order chi connectivity index (χ1) is 7.84. The van der Waals surface area contributed by atoms with Gasteiger partial charge >= 0.3 is 0 Å². The Labute approximate surface area is 97.3 Å². The standard InChI is InChI=1S/C13H21N3/c1-10-3-2-8-16-9-12(15-13(10)16)11-4-6-14-7-5-11/h9-11,14H,2-8H2,1H3/t10-/m1/s1. The number of imidazole rings is 1. The van der Waals surface area contributed by atoms with E-state index in [-0.39, 0.29) is 0 Å². The van der Waals surface area contributed by atoms with Crippen molar-refractivity contribution in [2.45, 2.75) is 51.0 Å². The third-order valence-electron chi connectivity index (χ3n) is 4.06. The van der Waals surface area contributed by atoms with E-state index in [9.17, 15) is 0 Å². The van der Waals surface area contributed by atoms with Crippen molar-refractivity contribution < 1.29 is 0 Å². The lowest BCUT2D eigenvalue weighted by Gasteiger charge is -2.20. The van der Waals surface area contributed by atoms with Crippen LogP contribution < -0.4 is 5.32 Å². The van der Waals surface area contributed by atoms with E-state index >= 15 is 0 Å². The molecular weight excluding hydrogens is 198 g/mol. The molecule has 1 atom stereocenters. The van der Waals surface area contributed by atoms with Crippen LogP contribution in [-0.2, 0) is 6.54 Å². The summed E-state index contributed by atoms with van der Waals surface area (Å²) in [6.45, 7) is 5.80. The van der Waals surface area contributed by atoms with Crippen LogP contribution in [0.1, 0.15) is 56.0 Å². The zero-order valence-electron chi connectivity index (χ0n) is 10.1. The number of hydrogen-bond donors (Lipinski definition) is 1. The summed E-state index contributed by atoms with van der Waals surface area (Å²) in [5.74, 6) is 2.69. The Morgan fingerprint density at radius 2 is 2.12 bits per heavy atom. The number of piperidine rings is 1. The number of rotatable bonds is 1. The van der Waals surface area contributed by atoms with E-state index < -0.39 is 0 Å². The second-order valence-corrected chi connectivity index (χ2v) is 5.28. The molecule has 0 saturated carbocycles. The molecule has 1 fully saturated rings. The molecule has 2 aliphatic heterocycles. The maximum atomic E-state index is 4.89. The summed E-state index contributed by atoms with van der Waals surface area (Å²) in [4.78, 5) is 4.89. The predicted molar refractivity (Wildman–Crippen MR) is 64.7 cm³/mol. The molecule has 3 nitrogen and oxygen atoms in total. The molecule has 1 N–H and O–H groups in total. The van der Waals surface area contributed by atoms with E-state index in [0.29, 0.717) is 11.8 Å². The van der Waals surface area contributed by atoms with Crippen molar-refractivity contribution in [3.05, 3.63) is 17.7 Å². The number of fused-ring (bicyclic) bond motifs is 1. The summed E-state index contributed by atoms with van der Waals surface area (Å²) >= 11 is 0. The Morgan fingerprint density at radius 1 is 1.31 bits per heavy atom. The van der Waals surface area contributed by atoms with Crippen molar-refractivity contribution in [3.8, 4) is 0 Å². The van der Waals surface area contributed by atoms with E-state index in [1.165, 1.54) is 43.7 Å². The highest BCUT2D eigenvalue weighted by atomic mass is 15.1. The maximum Gasteiger partial charge on any atom is 0.111 e. The first kappa shape index (κ1) is 10.3. The molecule has 1 saturated heterocycles. The van der Waals surface area contributed by atoms with Crippen molar-refractivity contribution in [1.29, 1.82) is 0 Å². The fraction of sp³-hybridized carbons (Fsp3) is 0.769. The van der Waals surface area contributed by atoms with Crippen molar-refractivity contribution in [2.24, 2.45) is 0 Å². The van der Waals surface area contributed by atoms with Gasteiger partial charge in [0.05, 0.1) is 5.69 Å². The largest absolute Gasteiger partial charge is 0.334 e. The zero-order valence-corrected chi connectivity index (χ0v) is 10.1. The summed E-state index contributed by atoms with van der Waals surface area (Å²) in [6.07, 6.45) is 7.45. The lowest BCUT2D eigenvalue weighted by atomic mass is 9.95. The van der Waals surface area contributed by atoms with Gasteiger partial charge in [-0.15, -0.1) is 0 Å². The number of nitrogens with one attached hydrogen (secondary N) is 1. The Morgan fingerprint density at radius 3 is 2.88 bits per heavy atom. The average Bonchev–Trinajstić information content (AvgIpc) is 2.76. The summed E-state index contributed by atoms with van der Waals surface area (Å²) in [7, 11) is 0. The van der Waals surface area contributed by atoms with Crippen LogP contribution in [0.15, 0.2) is 6.20 Å². The molecule has 0 spiro atoms. The van der Waals surface area contributed by atoms with Gasteiger partial charge in [-0.1, -0.05) is 6.92 Å². The quantitative estimate of drug-likeness (QED) is 0.785. The summed E-state index contributed by atoms with van der Waals surface area (Å²) in [5.41, 5.74) is 1.35. The fourth-order valence-electron chi connectivity index (χ4n) is 3.03. The van der Waals surface area contributed by atoms with Gasteiger partial charge in [0.2, 0.25) is 0 Å². The van der Waals surface area contributed by atoms with Gasteiger partial charge in [-0.05, 0) is 38.8 Å². The third kappa shape index (κ3) is 1.77. The number of nitrogens with zero attached hydrogens (tertiary/aromatic N) is 2. The number of aryl methyl sites for hydroxylation is 1. The van der Waals surface area contributed by atoms with Crippen molar-refractivity contribution in [3.63, 3.8) is 0 Å². The van der Waals surface area contributed by atoms with Gasteiger partial charge < -0.3 is 9.88 Å². The summed E-state index contributed by atoms with van der Waals surface area (Å²) in [5, 5.41) is 3.42. The van der Waals surface area contributed by atoms with Crippen LogP contribution in [0, 0.1) is 0 Å². The molecule has 0 aromatic carbocycles. The summed E-state index contributed by atoms with van der Waals surface area (Å²) < 4.78 is 2.39. The molecular formula is C13H21N3. The van der Waals surface area contributed by atoms with Crippen LogP contribution in [-0.4, -0.2) is 22.6 Å². The Hall–Kier alpha value is -0.830. The average molecular weight is 219 g/mol. The Balaban J connectivity index is 1.85. The maximum absolute atomic E-state index is 4.89. The molecule has 2 aliphatic rings. The summed E-state index contributed by atoms with van der Waals surface area (Å²) in [6, 6.07) is 0. The first-order valence-corrected chi connectivity index (χ1v) is 6.62. The Kier molecular flexibility index (Phi) is 2.72. The minimum atomic E-state index is 0.657. The molecule has 1 aromatic rings. The second-order valence-electron chi connectivity index (χ2n) is 5.28. The van der Waals surface area contributed by atoms with Gasteiger partial charge in [-0.3, -0.25) is 0 Å². The van der Waals surface area contributed by atoms with Crippen LogP contribution in [0.25, 0.3) is 0 Å². The zero-order chi connectivity index (χ0) is 11.0. The second kappa shape index (κ2) is 4.21. The van der Waals surface area contributed by atoms with Gasteiger partial charge in [0.25, 0.3) is 0 Å².